The summed E-state index contributed by atoms with van der Waals surface area (Å²) >= 11 is 0. The number of alkyl halides is 2. The molecule has 0 spiro atoms. The van der Waals surface area contributed by atoms with E-state index in [0.717, 1.165) is 0 Å². The zero-order valence-electron chi connectivity index (χ0n) is 7.09. The second-order valence-electron chi connectivity index (χ2n) is 2.84. The fourth-order valence-corrected chi connectivity index (χ4v) is 1.43. The van der Waals surface area contributed by atoms with E-state index in [-0.39, 0.29) is 18.2 Å². The summed E-state index contributed by atoms with van der Waals surface area (Å²) in [7, 11) is 0. The van der Waals surface area contributed by atoms with Crippen molar-refractivity contribution in [3.8, 4) is 5.75 Å². The molecule has 0 radical (unpaired) electrons. The first-order valence-corrected chi connectivity index (χ1v) is 4.03. The number of ether oxygens (including phenoxy) is 1. The number of carbonyl (C=O) groups is 1. The summed E-state index contributed by atoms with van der Waals surface area (Å²) in [5, 5.41) is 2.53. The van der Waals surface area contributed by atoms with Gasteiger partial charge in [-0.3, -0.25) is 4.79 Å². The van der Waals surface area contributed by atoms with Gasteiger partial charge in [0.2, 0.25) is 0 Å². The highest BCUT2D eigenvalue weighted by Crippen LogP contribution is 2.27. The molecule has 0 aliphatic carbocycles. The first-order chi connectivity index (χ1) is 6.68. The van der Waals surface area contributed by atoms with Crippen molar-refractivity contribution in [2.24, 2.45) is 0 Å². The summed E-state index contributed by atoms with van der Waals surface area (Å²) in [5.41, 5.74) is 0.904. The number of hydrogen-bond acceptors (Lipinski definition) is 2. The summed E-state index contributed by atoms with van der Waals surface area (Å²) in [6, 6.07) is 4.52. The summed E-state index contributed by atoms with van der Waals surface area (Å²) in [6.45, 7) is -2.62. The van der Waals surface area contributed by atoms with E-state index in [2.05, 4.69) is 10.1 Å². The van der Waals surface area contributed by atoms with E-state index in [1.165, 1.54) is 12.1 Å². The van der Waals surface area contributed by atoms with Crippen molar-refractivity contribution in [2.75, 3.05) is 0 Å². The van der Waals surface area contributed by atoms with Crippen LogP contribution in [0, 0.1) is 0 Å². The summed E-state index contributed by atoms with van der Waals surface area (Å²) in [4.78, 5) is 11.1. The largest absolute Gasteiger partial charge is 0.434 e. The van der Waals surface area contributed by atoms with Gasteiger partial charge in [-0.25, -0.2) is 0 Å². The molecule has 1 N–H and O–H groups in total. The molecule has 1 heterocycles. The number of halogens is 2. The molecule has 0 unspecified atom stereocenters. The number of nitrogens with one attached hydrogen (secondary N) is 1. The molecular weight excluding hydrogens is 192 g/mol. The van der Waals surface area contributed by atoms with E-state index in [1.54, 1.807) is 6.07 Å². The van der Waals surface area contributed by atoms with Gasteiger partial charge in [-0.05, 0) is 12.1 Å². The Kier molecular flexibility index (Phi) is 2.07. The highest BCUT2D eigenvalue weighted by atomic mass is 19.3. The van der Waals surface area contributed by atoms with Gasteiger partial charge in [0.05, 0.1) is 0 Å². The lowest BCUT2D eigenvalue weighted by Crippen LogP contribution is -2.12. The summed E-state index contributed by atoms with van der Waals surface area (Å²) in [6.07, 6.45) is 0. The minimum Gasteiger partial charge on any atom is -0.434 e. The molecule has 1 aromatic carbocycles. The molecule has 1 aliphatic rings. The Morgan fingerprint density at radius 1 is 1.43 bits per heavy atom. The standard InChI is InChI=1S/C9H7F2NO2/c10-9(11)14-7-3-1-2-5-6(7)4-12-8(5)13/h1-3,9H,4H2,(H,12,13). The van der Waals surface area contributed by atoms with Gasteiger partial charge in [0, 0.05) is 17.7 Å². The van der Waals surface area contributed by atoms with E-state index in [1.807, 2.05) is 0 Å². The predicted molar refractivity (Wildman–Crippen MR) is 44.2 cm³/mol. The first kappa shape index (κ1) is 8.93. The maximum absolute atomic E-state index is 12.0. The molecule has 5 heteroatoms. The van der Waals surface area contributed by atoms with Crippen molar-refractivity contribution in [3.05, 3.63) is 29.3 Å². The van der Waals surface area contributed by atoms with Crippen LogP contribution in [-0.2, 0) is 6.54 Å². The molecule has 0 atom stereocenters. The van der Waals surface area contributed by atoms with E-state index in [4.69, 9.17) is 0 Å². The molecule has 0 fully saturated rings. The Morgan fingerprint density at radius 3 is 2.93 bits per heavy atom. The van der Waals surface area contributed by atoms with Gasteiger partial charge < -0.3 is 10.1 Å². The monoisotopic (exact) mass is 199 g/mol. The minimum atomic E-state index is -2.86. The molecule has 0 saturated carbocycles. The number of rotatable bonds is 2. The number of fused-ring (bicyclic) bond motifs is 1. The van der Waals surface area contributed by atoms with Crippen LogP contribution in [-0.4, -0.2) is 12.5 Å². The average molecular weight is 199 g/mol. The summed E-state index contributed by atoms with van der Waals surface area (Å²) < 4.78 is 28.2. The van der Waals surface area contributed by atoms with Crippen LogP contribution >= 0.6 is 0 Å². The quantitative estimate of drug-likeness (QED) is 0.784. The number of carbonyl (C=O) groups excluding carboxylic acids is 1. The molecule has 3 nitrogen and oxygen atoms in total. The van der Waals surface area contributed by atoms with Crippen molar-refractivity contribution in [1.82, 2.24) is 5.32 Å². The van der Waals surface area contributed by atoms with Crippen LogP contribution in [0.2, 0.25) is 0 Å². The van der Waals surface area contributed by atoms with Crippen LogP contribution < -0.4 is 10.1 Å². The lowest BCUT2D eigenvalue weighted by molar-refractivity contribution is -0.0504. The topological polar surface area (TPSA) is 38.3 Å². The number of hydrogen-bond donors (Lipinski definition) is 1. The third-order valence-corrected chi connectivity index (χ3v) is 2.02. The SMILES string of the molecule is O=C1NCc2c(OC(F)F)cccc21. The highest BCUT2D eigenvalue weighted by molar-refractivity contribution is 5.99. The smallest absolute Gasteiger partial charge is 0.387 e. The van der Waals surface area contributed by atoms with E-state index in [0.29, 0.717) is 11.1 Å². The van der Waals surface area contributed by atoms with Gasteiger partial charge in [0.25, 0.3) is 5.91 Å². The first-order valence-electron chi connectivity index (χ1n) is 4.03. The Balaban J connectivity index is 2.39. The lowest BCUT2D eigenvalue weighted by atomic mass is 10.1. The van der Waals surface area contributed by atoms with Gasteiger partial charge in [0.15, 0.2) is 0 Å². The third kappa shape index (κ3) is 1.41. The molecule has 0 aromatic heterocycles. The van der Waals surface area contributed by atoms with Gasteiger partial charge in [-0.1, -0.05) is 6.07 Å². The average Bonchev–Trinajstić information content (AvgIpc) is 2.49. The minimum absolute atomic E-state index is 0.0656. The Hall–Kier alpha value is -1.65. The van der Waals surface area contributed by atoms with Gasteiger partial charge in [0.1, 0.15) is 5.75 Å². The van der Waals surface area contributed by atoms with E-state index < -0.39 is 6.61 Å². The lowest BCUT2D eigenvalue weighted by Gasteiger charge is -2.07. The second kappa shape index (κ2) is 3.25. The Morgan fingerprint density at radius 2 is 2.21 bits per heavy atom. The Labute approximate surface area is 78.7 Å². The molecule has 0 saturated heterocycles. The molecule has 74 valence electrons. The Bertz CT molecular complexity index is 379. The van der Waals surface area contributed by atoms with E-state index in [9.17, 15) is 13.6 Å². The normalized spacial score (nSPS) is 14.1. The maximum Gasteiger partial charge on any atom is 0.387 e. The van der Waals surface area contributed by atoms with Crippen LogP contribution in [0.3, 0.4) is 0 Å². The van der Waals surface area contributed by atoms with Crippen LogP contribution in [0.15, 0.2) is 18.2 Å². The second-order valence-corrected chi connectivity index (χ2v) is 2.84. The van der Waals surface area contributed by atoms with Crippen molar-refractivity contribution < 1.29 is 18.3 Å². The molecule has 1 aromatic rings. The van der Waals surface area contributed by atoms with Gasteiger partial charge in [-0.2, -0.15) is 8.78 Å². The molecule has 0 bridgehead atoms. The fourth-order valence-electron chi connectivity index (χ4n) is 1.43. The van der Waals surface area contributed by atoms with Gasteiger partial charge >= 0.3 is 6.61 Å². The number of amides is 1. The molecule has 14 heavy (non-hydrogen) atoms. The highest BCUT2D eigenvalue weighted by Gasteiger charge is 2.23. The number of benzene rings is 1. The van der Waals surface area contributed by atoms with Crippen LogP contribution in [0.5, 0.6) is 5.75 Å². The van der Waals surface area contributed by atoms with E-state index >= 15 is 0 Å². The van der Waals surface area contributed by atoms with Gasteiger partial charge in [-0.15, -0.1) is 0 Å². The molecule has 1 aliphatic heterocycles. The fraction of sp³-hybridized carbons (Fsp3) is 0.222. The van der Waals surface area contributed by atoms with Crippen molar-refractivity contribution >= 4 is 5.91 Å². The van der Waals surface area contributed by atoms with Crippen LogP contribution in [0.25, 0.3) is 0 Å². The molecular formula is C9H7F2NO2. The zero-order valence-corrected chi connectivity index (χ0v) is 7.09. The summed E-state index contributed by atoms with van der Waals surface area (Å²) in [5.74, 6) is -0.185. The third-order valence-electron chi connectivity index (χ3n) is 2.02. The van der Waals surface area contributed by atoms with Crippen LogP contribution in [0.1, 0.15) is 15.9 Å². The maximum atomic E-state index is 12.0. The molecule has 1 amide bonds. The predicted octanol–water partition coefficient (Wildman–Crippen LogP) is 1.53. The van der Waals surface area contributed by atoms with Crippen molar-refractivity contribution in [2.45, 2.75) is 13.2 Å². The van der Waals surface area contributed by atoms with Crippen molar-refractivity contribution in [3.63, 3.8) is 0 Å². The molecule has 2 rings (SSSR count). The van der Waals surface area contributed by atoms with Crippen molar-refractivity contribution in [1.29, 1.82) is 0 Å². The zero-order chi connectivity index (χ0) is 10.1. The van der Waals surface area contributed by atoms with Crippen LogP contribution in [0.4, 0.5) is 8.78 Å².